The lowest BCUT2D eigenvalue weighted by atomic mass is 9.90. The summed E-state index contributed by atoms with van der Waals surface area (Å²) in [6.07, 6.45) is 2.87. The third-order valence-electron chi connectivity index (χ3n) is 3.95. The Morgan fingerprint density at radius 1 is 1.10 bits per heavy atom. The molecular formula is C18H19NO2. The Kier molecular flexibility index (Phi) is 3.91. The molecule has 0 spiro atoms. The van der Waals surface area contributed by atoms with Crippen LogP contribution in [0.5, 0.6) is 5.75 Å². The lowest BCUT2D eigenvalue weighted by molar-refractivity contribution is 0.227. The van der Waals surface area contributed by atoms with Gasteiger partial charge in [-0.1, -0.05) is 41.6 Å². The molecule has 0 heterocycles. The molecule has 1 N–H and O–H groups in total. The molecule has 0 radical (unpaired) electrons. The molecule has 3 rings (SSSR count). The molecule has 0 saturated carbocycles. The van der Waals surface area contributed by atoms with Gasteiger partial charge in [0.05, 0.1) is 5.71 Å². The molecule has 0 aliphatic heterocycles. The summed E-state index contributed by atoms with van der Waals surface area (Å²) >= 11 is 0. The fourth-order valence-corrected chi connectivity index (χ4v) is 2.80. The van der Waals surface area contributed by atoms with Crippen LogP contribution >= 0.6 is 0 Å². The SMILES string of the molecule is CC(Oc1ccc2c(c1)/C(=N\O)CCC2)c1ccccc1. The van der Waals surface area contributed by atoms with E-state index >= 15 is 0 Å². The van der Waals surface area contributed by atoms with E-state index < -0.39 is 0 Å². The summed E-state index contributed by atoms with van der Waals surface area (Å²) < 4.78 is 6.02. The van der Waals surface area contributed by atoms with Crippen LogP contribution in [0.15, 0.2) is 53.7 Å². The number of hydrogen-bond donors (Lipinski definition) is 1. The highest BCUT2D eigenvalue weighted by molar-refractivity contribution is 6.02. The van der Waals surface area contributed by atoms with Gasteiger partial charge >= 0.3 is 0 Å². The van der Waals surface area contributed by atoms with Crippen molar-refractivity contribution in [3.05, 3.63) is 65.2 Å². The molecule has 1 unspecified atom stereocenters. The summed E-state index contributed by atoms with van der Waals surface area (Å²) in [4.78, 5) is 0. The van der Waals surface area contributed by atoms with Gasteiger partial charge in [-0.3, -0.25) is 0 Å². The topological polar surface area (TPSA) is 41.8 Å². The highest BCUT2D eigenvalue weighted by Crippen LogP contribution is 2.28. The minimum absolute atomic E-state index is 0.0117. The van der Waals surface area contributed by atoms with E-state index in [2.05, 4.69) is 23.4 Å². The monoisotopic (exact) mass is 281 g/mol. The van der Waals surface area contributed by atoms with Gasteiger partial charge in [-0.25, -0.2) is 0 Å². The first-order valence-corrected chi connectivity index (χ1v) is 7.34. The van der Waals surface area contributed by atoms with E-state index in [9.17, 15) is 0 Å². The highest BCUT2D eigenvalue weighted by atomic mass is 16.5. The van der Waals surface area contributed by atoms with Crippen molar-refractivity contribution in [2.24, 2.45) is 5.16 Å². The maximum Gasteiger partial charge on any atom is 0.121 e. The van der Waals surface area contributed by atoms with Crippen LogP contribution in [0.2, 0.25) is 0 Å². The largest absolute Gasteiger partial charge is 0.486 e. The Balaban J connectivity index is 1.84. The Morgan fingerprint density at radius 3 is 2.67 bits per heavy atom. The fraction of sp³-hybridized carbons (Fsp3) is 0.278. The lowest BCUT2D eigenvalue weighted by Crippen LogP contribution is -2.12. The minimum atomic E-state index is -0.0117. The number of rotatable bonds is 3. The van der Waals surface area contributed by atoms with E-state index in [1.807, 2.05) is 37.3 Å². The summed E-state index contributed by atoms with van der Waals surface area (Å²) in [5, 5.41) is 12.6. The normalized spacial score (nSPS) is 17.3. The first-order chi connectivity index (χ1) is 10.3. The van der Waals surface area contributed by atoms with Crippen molar-refractivity contribution in [1.82, 2.24) is 0 Å². The molecule has 0 amide bonds. The van der Waals surface area contributed by atoms with E-state index in [1.165, 1.54) is 5.56 Å². The van der Waals surface area contributed by atoms with Crippen molar-refractivity contribution < 1.29 is 9.94 Å². The average Bonchev–Trinajstić information content (AvgIpc) is 2.55. The standard InChI is InChI=1S/C18H19NO2/c1-13(14-6-3-2-4-7-14)21-16-11-10-15-8-5-9-18(19-20)17(15)12-16/h2-4,6-7,10-13,20H,5,8-9H2,1H3/b19-18-. The van der Waals surface area contributed by atoms with E-state index in [-0.39, 0.29) is 6.10 Å². The quantitative estimate of drug-likeness (QED) is 0.671. The minimum Gasteiger partial charge on any atom is -0.486 e. The first-order valence-electron chi connectivity index (χ1n) is 7.34. The van der Waals surface area contributed by atoms with Gasteiger partial charge in [0.25, 0.3) is 0 Å². The molecule has 0 saturated heterocycles. The van der Waals surface area contributed by atoms with Crippen LogP contribution in [0.4, 0.5) is 0 Å². The second-order valence-electron chi connectivity index (χ2n) is 5.39. The second-order valence-corrected chi connectivity index (χ2v) is 5.39. The van der Waals surface area contributed by atoms with Gasteiger partial charge in [0, 0.05) is 5.56 Å². The maximum atomic E-state index is 9.14. The molecule has 0 aromatic heterocycles. The molecular weight excluding hydrogens is 262 g/mol. The Bertz CT molecular complexity index is 650. The van der Waals surface area contributed by atoms with Crippen LogP contribution in [0, 0.1) is 0 Å². The van der Waals surface area contributed by atoms with Gasteiger partial charge in [0.15, 0.2) is 0 Å². The van der Waals surface area contributed by atoms with Gasteiger partial charge in [0.2, 0.25) is 0 Å². The number of hydrogen-bond acceptors (Lipinski definition) is 3. The highest BCUT2D eigenvalue weighted by Gasteiger charge is 2.17. The van der Waals surface area contributed by atoms with Crippen LogP contribution in [0.25, 0.3) is 0 Å². The third kappa shape index (κ3) is 2.92. The molecule has 1 atom stereocenters. The zero-order valence-electron chi connectivity index (χ0n) is 12.1. The zero-order valence-corrected chi connectivity index (χ0v) is 12.1. The molecule has 1 aliphatic rings. The van der Waals surface area contributed by atoms with Crippen molar-refractivity contribution in [3.8, 4) is 5.75 Å². The van der Waals surface area contributed by atoms with Crippen LogP contribution < -0.4 is 4.74 Å². The predicted octanol–water partition coefficient (Wildman–Crippen LogP) is 4.34. The lowest BCUT2D eigenvalue weighted by Gasteiger charge is -2.20. The molecule has 0 bridgehead atoms. The molecule has 2 aromatic rings. The zero-order chi connectivity index (χ0) is 14.7. The van der Waals surface area contributed by atoms with Crippen LogP contribution in [-0.2, 0) is 6.42 Å². The molecule has 0 fully saturated rings. The number of benzene rings is 2. The summed E-state index contributed by atoms with van der Waals surface area (Å²) in [7, 11) is 0. The summed E-state index contributed by atoms with van der Waals surface area (Å²) in [5.41, 5.74) is 4.15. The Hall–Kier alpha value is -2.29. The first kappa shape index (κ1) is 13.7. The Morgan fingerprint density at radius 2 is 1.90 bits per heavy atom. The van der Waals surface area contributed by atoms with Gasteiger partial charge in [0.1, 0.15) is 11.9 Å². The van der Waals surface area contributed by atoms with Crippen molar-refractivity contribution in [3.63, 3.8) is 0 Å². The van der Waals surface area contributed by atoms with Crippen molar-refractivity contribution in [2.75, 3.05) is 0 Å². The summed E-state index contributed by atoms with van der Waals surface area (Å²) in [5.74, 6) is 0.813. The number of oxime groups is 1. The van der Waals surface area contributed by atoms with Crippen molar-refractivity contribution in [2.45, 2.75) is 32.3 Å². The van der Waals surface area contributed by atoms with E-state index in [1.54, 1.807) is 0 Å². The summed E-state index contributed by atoms with van der Waals surface area (Å²) in [6, 6.07) is 16.2. The van der Waals surface area contributed by atoms with E-state index in [0.29, 0.717) is 0 Å². The molecule has 2 aromatic carbocycles. The van der Waals surface area contributed by atoms with E-state index in [0.717, 1.165) is 41.9 Å². The predicted molar refractivity (Wildman–Crippen MR) is 83.2 cm³/mol. The van der Waals surface area contributed by atoms with Gasteiger partial charge in [-0.2, -0.15) is 0 Å². The summed E-state index contributed by atoms with van der Waals surface area (Å²) in [6.45, 7) is 2.04. The number of nitrogens with zero attached hydrogens (tertiary/aromatic N) is 1. The van der Waals surface area contributed by atoms with Gasteiger partial charge in [-0.05, 0) is 49.4 Å². The molecule has 1 aliphatic carbocycles. The molecule has 3 heteroatoms. The van der Waals surface area contributed by atoms with Crippen LogP contribution in [-0.4, -0.2) is 10.9 Å². The number of aryl methyl sites for hydroxylation is 1. The maximum absolute atomic E-state index is 9.14. The third-order valence-corrected chi connectivity index (χ3v) is 3.95. The van der Waals surface area contributed by atoms with Crippen molar-refractivity contribution >= 4 is 5.71 Å². The fourth-order valence-electron chi connectivity index (χ4n) is 2.80. The Labute approximate surface area is 124 Å². The number of ether oxygens (including phenoxy) is 1. The van der Waals surface area contributed by atoms with Crippen LogP contribution in [0.1, 0.15) is 42.6 Å². The molecule has 108 valence electrons. The number of fused-ring (bicyclic) bond motifs is 1. The van der Waals surface area contributed by atoms with Crippen molar-refractivity contribution in [1.29, 1.82) is 0 Å². The van der Waals surface area contributed by atoms with Crippen LogP contribution in [0.3, 0.4) is 0 Å². The average molecular weight is 281 g/mol. The molecule has 3 nitrogen and oxygen atoms in total. The molecule has 21 heavy (non-hydrogen) atoms. The second kappa shape index (κ2) is 6.00. The van der Waals surface area contributed by atoms with Gasteiger partial charge in [-0.15, -0.1) is 0 Å². The van der Waals surface area contributed by atoms with Gasteiger partial charge < -0.3 is 9.94 Å². The van der Waals surface area contributed by atoms with E-state index in [4.69, 9.17) is 9.94 Å². The smallest absolute Gasteiger partial charge is 0.121 e.